The molecule has 0 radical (unpaired) electrons. The molecule has 2 N–H and O–H groups in total. The normalized spacial score (nSPS) is 38.5. The summed E-state index contributed by atoms with van der Waals surface area (Å²) in [5, 5.41) is 12.5. The minimum Gasteiger partial charge on any atom is -0.475 e. The highest BCUT2D eigenvalue weighted by atomic mass is 16.4. The van der Waals surface area contributed by atoms with E-state index in [1.165, 1.54) is 19.3 Å². The number of aryl methyl sites for hydroxylation is 1. The average Bonchev–Trinajstić information content (AvgIpc) is 2.74. The molecule has 0 aromatic carbocycles. The van der Waals surface area contributed by atoms with Gasteiger partial charge in [-0.15, -0.1) is 0 Å². The van der Waals surface area contributed by atoms with Crippen molar-refractivity contribution in [3.8, 4) is 0 Å². The summed E-state index contributed by atoms with van der Waals surface area (Å²) in [6.45, 7) is 2.57. The third-order valence-corrected chi connectivity index (χ3v) is 5.49. The standard InChI is InChI=1S/C15H19NO3/c1-7-10(5-11(19-7)15(17)18)6-16-14-12-8-2-3-9(4-8)13(12)14/h5,8-9,12-14,16H,2-4,6H2,1H3,(H,17,18). The van der Waals surface area contributed by atoms with Crippen LogP contribution in [0.3, 0.4) is 0 Å². The van der Waals surface area contributed by atoms with E-state index in [-0.39, 0.29) is 5.76 Å². The van der Waals surface area contributed by atoms with Crippen molar-refractivity contribution in [2.24, 2.45) is 23.7 Å². The third kappa shape index (κ3) is 1.66. The average molecular weight is 261 g/mol. The number of hydrogen-bond donors (Lipinski definition) is 2. The van der Waals surface area contributed by atoms with Crippen molar-refractivity contribution in [3.05, 3.63) is 23.2 Å². The Kier molecular flexibility index (Phi) is 2.34. The van der Waals surface area contributed by atoms with Crippen LogP contribution in [0.15, 0.2) is 10.5 Å². The second kappa shape index (κ2) is 3.85. The molecule has 4 rings (SSSR count). The van der Waals surface area contributed by atoms with Crippen LogP contribution < -0.4 is 5.32 Å². The van der Waals surface area contributed by atoms with Crippen LogP contribution in [0.2, 0.25) is 0 Å². The van der Waals surface area contributed by atoms with Gasteiger partial charge in [-0.25, -0.2) is 4.79 Å². The van der Waals surface area contributed by atoms with Gasteiger partial charge in [0, 0.05) is 18.2 Å². The molecule has 3 aliphatic rings. The second-order valence-corrected chi connectivity index (χ2v) is 6.39. The van der Waals surface area contributed by atoms with Gasteiger partial charge in [0.05, 0.1) is 0 Å². The quantitative estimate of drug-likeness (QED) is 0.873. The molecule has 4 atom stereocenters. The summed E-state index contributed by atoms with van der Waals surface area (Å²) >= 11 is 0. The first kappa shape index (κ1) is 11.5. The molecule has 0 saturated heterocycles. The summed E-state index contributed by atoms with van der Waals surface area (Å²) < 4.78 is 5.24. The number of carbonyl (C=O) groups is 1. The fourth-order valence-corrected chi connectivity index (χ4v) is 4.63. The SMILES string of the molecule is Cc1oc(C(=O)O)cc1CNC1C2C3CCC(C3)C12. The lowest BCUT2D eigenvalue weighted by atomic mass is 10.0. The van der Waals surface area contributed by atoms with Crippen molar-refractivity contribution >= 4 is 5.97 Å². The summed E-state index contributed by atoms with van der Waals surface area (Å²) in [5.74, 6) is 3.52. The Hall–Kier alpha value is -1.29. The summed E-state index contributed by atoms with van der Waals surface area (Å²) in [5.41, 5.74) is 0.981. The zero-order chi connectivity index (χ0) is 13.1. The molecule has 3 fully saturated rings. The highest BCUT2D eigenvalue weighted by Gasteiger charge is 2.64. The molecule has 0 amide bonds. The smallest absolute Gasteiger partial charge is 0.371 e. The molecule has 0 spiro atoms. The number of rotatable bonds is 4. The van der Waals surface area contributed by atoms with Crippen molar-refractivity contribution in [2.75, 3.05) is 0 Å². The van der Waals surface area contributed by atoms with Gasteiger partial charge in [-0.1, -0.05) is 0 Å². The molecule has 4 nitrogen and oxygen atoms in total. The van der Waals surface area contributed by atoms with Crippen LogP contribution in [0.25, 0.3) is 0 Å². The van der Waals surface area contributed by atoms with Crippen molar-refractivity contribution < 1.29 is 14.3 Å². The zero-order valence-corrected chi connectivity index (χ0v) is 11.1. The lowest BCUT2D eigenvalue weighted by Crippen LogP contribution is -2.22. The highest BCUT2D eigenvalue weighted by Crippen LogP contribution is 2.65. The molecular weight excluding hydrogens is 242 g/mol. The third-order valence-electron chi connectivity index (χ3n) is 5.49. The first-order valence-electron chi connectivity index (χ1n) is 7.21. The van der Waals surface area contributed by atoms with Crippen LogP contribution >= 0.6 is 0 Å². The number of furan rings is 1. The Morgan fingerprint density at radius 3 is 2.68 bits per heavy atom. The summed E-state index contributed by atoms with van der Waals surface area (Å²) in [4.78, 5) is 10.9. The minimum absolute atomic E-state index is 0.0466. The first-order valence-corrected chi connectivity index (χ1v) is 7.21. The first-order chi connectivity index (χ1) is 9.15. The van der Waals surface area contributed by atoms with Gasteiger partial charge < -0.3 is 14.8 Å². The van der Waals surface area contributed by atoms with Crippen LogP contribution in [0.4, 0.5) is 0 Å². The van der Waals surface area contributed by atoms with E-state index in [9.17, 15) is 4.79 Å². The predicted octanol–water partition coefficient (Wildman–Crippen LogP) is 2.42. The maximum Gasteiger partial charge on any atom is 0.371 e. The van der Waals surface area contributed by atoms with Crippen molar-refractivity contribution in [3.63, 3.8) is 0 Å². The van der Waals surface area contributed by atoms with Gasteiger partial charge in [-0.05, 0) is 55.9 Å². The summed E-state index contributed by atoms with van der Waals surface area (Å²) in [6, 6.07) is 2.33. The molecule has 3 aliphatic carbocycles. The van der Waals surface area contributed by atoms with Gasteiger partial charge >= 0.3 is 5.97 Å². The number of nitrogens with one attached hydrogen (secondary N) is 1. The maximum atomic E-state index is 10.9. The van der Waals surface area contributed by atoms with Crippen LogP contribution in [-0.4, -0.2) is 17.1 Å². The highest BCUT2D eigenvalue weighted by molar-refractivity contribution is 5.84. The fourth-order valence-electron chi connectivity index (χ4n) is 4.63. The molecule has 102 valence electrons. The molecule has 4 unspecified atom stereocenters. The van der Waals surface area contributed by atoms with Gasteiger partial charge in [-0.3, -0.25) is 0 Å². The Bertz CT molecular complexity index is 519. The topological polar surface area (TPSA) is 62.5 Å². The molecule has 0 aliphatic heterocycles. The van der Waals surface area contributed by atoms with E-state index in [0.717, 1.165) is 41.5 Å². The Balaban J connectivity index is 1.40. The number of carboxylic acids is 1. The maximum absolute atomic E-state index is 10.9. The largest absolute Gasteiger partial charge is 0.475 e. The van der Waals surface area contributed by atoms with Gasteiger partial charge in [0.15, 0.2) is 0 Å². The zero-order valence-electron chi connectivity index (χ0n) is 11.1. The lowest BCUT2D eigenvalue weighted by Gasteiger charge is -2.09. The predicted molar refractivity (Wildman–Crippen MR) is 68.8 cm³/mol. The van der Waals surface area contributed by atoms with Crippen LogP contribution in [0, 0.1) is 30.6 Å². The van der Waals surface area contributed by atoms with Gasteiger partial charge in [-0.2, -0.15) is 0 Å². The number of aromatic carboxylic acids is 1. The molecule has 1 aromatic rings. The molecule has 2 bridgehead atoms. The van der Waals surface area contributed by atoms with Crippen LogP contribution in [0.1, 0.15) is 41.1 Å². The van der Waals surface area contributed by atoms with E-state index in [0.29, 0.717) is 6.04 Å². The van der Waals surface area contributed by atoms with E-state index in [2.05, 4.69) is 5.32 Å². The Labute approximate surface area is 112 Å². The van der Waals surface area contributed by atoms with Gasteiger partial charge in [0.25, 0.3) is 0 Å². The van der Waals surface area contributed by atoms with E-state index in [1.807, 2.05) is 6.92 Å². The van der Waals surface area contributed by atoms with E-state index < -0.39 is 5.97 Å². The number of fused-ring (bicyclic) bond motifs is 5. The number of carboxylic acid groups (broad SMARTS) is 1. The fraction of sp³-hybridized carbons (Fsp3) is 0.667. The molecular formula is C15H19NO3. The monoisotopic (exact) mass is 261 g/mol. The molecule has 19 heavy (non-hydrogen) atoms. The second-order valence-electron chi connectivity index (χ2n) is 6.39. The van der Waals surface area contributed by atoms with Gasteiger partial charge in [0.2, 0.25) is 5.76 Å². The van der Waals surface area contributed by atoms with Gasteiger partial charge in [0.1, 0.15) is 5.76 Å². The minimum atomic E-state index is -0.990. The molecule has 3 saturated carbocycles. The Morgan fingerprint density at radius 1 is 1.42 bits per heavy atom. The lowest BCUT2D eigenvalue weighted by molar-refractivity contribution is 0.0661. The summed E-state index contributed by atoms with van der Waals surface area (Å²) in [7, 11) is 0. The van der Waals surface area contributed by atoms with E-state index in [1.54, 1.807) is 6.07 Å². The van der Waals surface area contributed by atoms with E-state index >= 15 is 0 Å². The summed E-state index contributed by atoms with van der Waals surface area (Å²) in [6.07, 6.45) is 4.32. The van der Waals surface area contributed by atoms with Crippen molar-refractivity contribution in [2.45, 2.75) is 38.8 Å². The molecule has 4 heteroatoms. The number of hydrogen-bond acceptors (Lipinski definition) is 3. The molecule has 1 aromatic heterocycles. The van der Waals surface area contributed by atoms with Crippen molar-refractivity contribution in [1.82, 2.24) is 5.32 Å². The van der Waals surface area contributed by atoms with E-state index in [4.69, 9.17) is 9.52 Å². The molecule has 1 heterocycles. The Morgan fingerprint density at radius 2 is 2.11 bits per heavy atom. The van der Waals surface area contributed by atoms with Crippen LogP contribution in [-0.2, 0) is 6.54 Å². The van der Waals surface area contributed by atoms with Crippen LogP contribution in [0.5, 0.6) is 0 Å². The van der Waals surface area contributed by atoms with Crippen molar-refractivity contribution in [1.29, 1.82) is 0 Å².